The van der Waals surface area contributed by atoms with E-state index in [0.717, 1.165) is 36.9 Å². The van der Waals surface area contributed by atoms with Crippen LogP contribution in [0.3, 0.4) is 0 Å². The van der Waals surface area contributed by atoms with Gasteiger partial charge in [-0.2, -0.15) is 8.42 Å². The highest BCUT2D eigenvalue weighted by Gasteiger charge is 2.33. The smallest absolute Gasteiger partial charge is 0.297 e. The maximum absolute atomic E-state index is 14.4. The van der Waals surface area contributed by atoms with E-state index in [1.54, 1.807) is 19.1 Å². The lowest BCUT2D eigenvalue weighted by Gasteiger charge is -2.17. The lowest BCUT2D eigenvalue weighted by molar-refractivity contribution is 0.235. The van der Waals surface area contributed by atoms with Crippen LogP contribution in [-0.4, -0.2) is 15.5 Å². The number of halogens is 3. The van der Waals surface area contributed by atoms with Gasteiger partial charge < -0.3 is 4.74 Å². The van der Waals surface area contributed by atoms with Crippen molar-refractivity contribution in [1.82, 2.24) is 0 Å². The van der Waals surface area contributed by atoms with Gasteiger partial charge in [-0.3, -0.25) is 4.18 Å². The van der Waals surface area contributed by atoms with Gasteiger partial charge in [0, 0.05) is 28.7 Å². The summed E-state index contributed by atoms with van der Waals surface area (Å²) in [7, 11) is -2.96. The molecular weight excluding hydrogens is 417 g/mol. The molecule has 0 saturated carbocycles. The van der Waals surface area contributed by atoms with Crippen molar-refractivity contribution in [3.05, 3.63) is 82.7 Å². The lowest BCUT2D eigenvalue weighted by Crippen LogP contribution is -2.12. The summed E-state index contributed by atoms with van der Waals surface area (Å²) in [6.45, 7) is 1.79. The molecule has 0 bridgehead atoms. The van der Waals surface area contributed by atoms with Crippen LogP contribution >= 0.6 is 0 Å². The third-order valence-corrected chi connectivity index (χ3v) is 6.36. The molecule has 0 spiro atoms. The molecule has 3 aromatic carbocycles. The number of fused-ring (bicyclic) bond motifs is 1. The molecule has 1 heterocycles. The van der Waals surface area contributed by atoms with Crippen molar-refractivity contribution in [2.75, 3.05) is 7.11 Å². The van der Waals surface area contributed by atoms with Crippen LogP contribution in [0.2, 0.25) is 0 Å². The van der Waals surface area contributed by atoms with Crippen LogP contribution in [0.5, 0.6) is 5.75 Å². The summed E-state index contributed by atoms with van der Waals surface area (Å²) in [5.74, 6) is -1.85. The fraction of sp³-hybridized carbons (Fsp3) is 0.182. The number of rotatable bonds is 4. The minimum Gasteiger partial charge on any atom is -0.484 e. The van der Waals surface area contributed by atoms with E-state index < -0.39 is 33.7 Å². The first-order valence-electron chi connectivity index (χ1n) is 9.05. The second kappa shape index (κ2) is 7.45. The second-order valence-electron chi connectivity index (χ2n) is 7.04. The molecular formula is C22H17F3O4S. The zero-order chi connectivity index (χ0) is 21.6. The zero-order valence-corrected chi connectivity index (χ0v) is 16.9. The van der Waals surface area contributed by atoms with E-state index in [0.29, 0.717) is 11.1 Å². The van der Waals surface area contributed by atoms with Crippen LogP contribution in [0.1, 0.15) is 22.8 Å². The van der Waals surface area contributed by atoms with Gasteiger partial charge in [0.15, 0.2) is 0 Å². The Morgan fingerprint density at radius 2 is 1.70 bits per heavy atom. The van der Waals surface area contributed by atoms with E-state index in [2.05, 4.69) is 4.18 Å². The van der Waals surface area contributed by atoms with E-state index >= 15 is 0 Å². The molecule has 30 heavy (non-hydrogen) atoms. The van der Waals surface area contributed by atoms with Gasteiger partial charge in [-0.05, 0) is 43.3 Å². The van der Waals surface area contributed by atoms with E-state index in [4.69, 9.17) is 4.74 Å². The van der Waals surface area contributed by atoms with Crippen molar-refractivity contribution < 1.29 is 30.5 Å². The van der Waals surface area contributed by atoms with Crippen LogP contribution < -0.4 is 4.74 Å². The number of benzene rings is 3. The number of aryl methyl sites for hydroxylation is 1. The Balaban J connectivity index is 1.84. The monoisotopic (exact) mass is 434 g/mol. The molecule has 1 unspecified atom stereocenters. The summed E-state index contributed by atoms with van der Waals surface area (Å²) in [5.41, 5.74) is 1.50. The molecule has 1 aliphatic heterocycles. The van der Waals surface area contributed by atoms with E-state index in [-0.39, 0.29) is 28.2 Å². The van der Waals surface area contributed by atoms with Gasteiger partial charge in [0.1, 0.15) is 34.2 Å². The van der Waals surface area contributed by atoms with Crippen molar-refractivity contribution in [3.8, 4) is 16.9 Å². The van der Waals surface area contributed by atoms with Crippen LogP contribution in [-0.2, 0) is 20.7 Å². The number of hydrogen-bond donors (Lipinski definition) is 0. The summed E-state index contributed by atoms with van der Waals surface area (Å²) in [6, 6.07) is 9.91. The molecule has 1 atom stereocenters. The highest BCUT2D eigenvalue weighted by molar-refractivity contribution is 7.86. The lowest BCUT2D eigenvalue weighted by atomic mass is 9.98. The molecule has 1 aliphatic rings. The largest absolute Gasteiger partial charge is 0.484 e. The molecule has 0 radical (unpaired) electrons. The standard InChI is InChI=1S/C22H17F3O4S/c1-12-3-6-21(30(26,27)28-2)18(7-12)20-9-13-8-15(24)11-17(22(13)29-20)16-10-14(23)4-5-19(16)25/h3-8,10-11,20H,9H2,1-2H3. The summed E-state index contributed by atoms with van der Waals surface area (Å²) in [5, 5.41) is 0. The topological polar surface area (TPSA) is 52.6 Å². The molecule has 3 aromatic rings. The van der Waals surface area contributed by atoms with Crippen molar-refractivity contribution in [2.45, 2.75) is 24.3 Å². The normalized spacial score (nSPS) is 15.7. The average molecular weight is 434 g/mol. The van der Waals surface area contributed by atoms with Gasteiger partial charge in [-0.1, -0.05) is 17.7 Å². The van der Waals surface area contributed by atoms with Gasteiger partial charge in [0.25, 0.3) is 10.1 Å². The van der Waals surface area contributed by atoms with Crippen LogP contribution in [0.25, 0.3) is 11.1 Å². The summed E-state index contributed by atoms with van der Waals surface area (Å²) in [4.78, 5) is -0.0626. The van der Waals surface area contributed by atoms with E-state index in [1.807, 2.05) is 0 Å². The molecule has 0 N–H and O–H groups in total. The maximum Gasteiger partial charge on any atom is 0.297 e. The summed E-state index contributed by atoms with van der Waals surface area (Å²) >= 11 is 0. The van der Waals surface area contributed by atoms with Crippen LogP contribution in [0, 0.1) is 24.4 Å². The van der Waals surface area contributed by atoms with E-state index in [1.165, 1.54) is 12.1 Å². The Kier molecular flexibility index (Phi) is 5.07. The van der Waals surface area contributed by atoms with E-state index in [9.17, 15) is 21.6 Å². The quantitative estimate of drug-likeness (QED) is 0.537. The third-order valence-electron chi connectivity index (χ3n) is 5.02. The molecule has 0 saturated heterocycles. The maximum atomic E-state index is 14.4. The number of hydrogen-bond acceptors (Lipinski definition) is 4. The first kappa shape index (κ1) is 20.4. The Bertz CT molecular complexity index is 1260. The average Bonchev–Trinajstić information content (AvgIpc) is 3.13. The zero-order valence-electron chi connectivity index (χ0n) is 16.1. The van der Waals surface area contributed by atoms with Crippen LogP contribution in [0.15, 0.2) is 53.4 Å². The third kappa shape index (κ3) is 3.57. The van der Waals surface area contributed by atoms with Crippen molar-refractivity contribution in [3.63, 3.8) is 0 Å². The highest BCUT2D eigenvalue weighted by atomic mass is 32.2. The Labute approximate surface area is 172 Å². The second-order valence-corrected chi connectivity index (χ2v) is 8.72. The van der Waals surface area contributed by atoms with Gasteiger partial charge in [-0.25, -0.2) is 13.2 Å². The summed E-state index contributed by atoms with van der Waals surface area (Å²) < 4.78 is 77.7. The van der Waals surface area contributed by atoms with Crippen molar-refractivity contribution >= 4 is 10.1 Å². The van der Waals surface area contributed by atoms with Crippen molar-refractivity contribution in [2.24, 2.45) is 0 Å². The van der Waals surface area contributed by atoms with Gasteiger partial charge in [0.05, 0.1) is 7.11 Å². The number of ether oxygens (including phenoxy) is 1. The molecule has 4 nitrogen and oxygen atoms in total. The van der Waals surface area contributed by atoms with Crippen LogP contribution in [0.4, 0.5) is 13.2 Å². The molecule has 0 aromatic heterocycles. The molecule has 8 heteroatoms. The first-order valence-corrected chi connectivity index (χ1v) is 10.5. The summed E-state index contributed by atoms with van der Waals surface area (Å²) in [6.07, 6.45) is -0.607. The highest BCUT2D eigenvalue weighted by Crippen LogP contribution is 2.45. The predicted molar refractivity (Wildman–Crippen MR) is 104 cm³/mol. The molecule has 4 rings (SSSR count). The Morgan fingerprint density at radius 1 is 0.967 bits per heavy atom. The first-order chi connectivity index (χ1) is 14.2. The minimum atomic E-state index is -4.02. The SMILES string of the molecule is COS(=O)(=O)c1ccc(C)cc1C1Cc2cc(F)cc(-c3cc(F)ccc3F)c2O1. The van der Waals surface area contributed by atoms with Gasteiger partial charge in [-0.15, -0.1) is 0 Å². The van der Waals surface area contributed by atoms with Gasteiger partial charge in [0.2, 0.25) is 0 Å². The van der Waals surface area contributed by atoms with Gasteiger partial charge >= 0.3 is 0 Å². The molecule has 156 valence electrons. The molecule has 0 fully saturated rings. The Hall–Kier alpha value is -2.84. The predicted octanol–water partition coefficient (Wildman–Crippen LogP) is 5.09. The fourth-order valence-corrected chi connectivity index (χ4v) is 4.53. The Morgan fingerprint density at radius 3 is 2.43 bits per heavy atom. The molecule has 0 aliphatic carbocycles. The molecule has 0 amide bonds. The minimum absolute atomic E-state index is 0.0626. The fourth-order valence-electron chi connectivity index (χ4n) is 3.64. The van der Waals surface area contributed by atoms with Crippen molar-refractivity contribution in [1.29, 1.82) is 0 Å².